The molecule has 2 rings (SSSR count). The monoisotopic (exact) mass is 313 g/mol. The van der Waals surface area contributed by atoms with E-state index in [1.807, 2.05) is 20.8 Å². The average molecular weight is 313 g/mol. The molecule has 0 atom stereocenters. The average Bonchev–Trinajstić information content (AvgIpc) is 3.00. The summed E-state index contributed by atoms with van der Waals surface area (Å²) in [5.74, 6) is -0.749. The van der Waals surface area contributed by atoms with E-state index >= 15 is 0 Å². The van der Waals surface area contributed by atoms with Crippen LogP contribution in [0.25, 0.3) is 6.08 Å². The zero-order valence-electron chi connectivity index (χ0n) is 13.3. The Bertz CT molecular complexity index is 698. The zero-order chi connectivity index (χ0) is 16.9. The lowest BCUT2D eigenvalue weighted by Gasteiger charge is -2.21. The number of amides is 2. The number of pyridine rings is 1. The lowest BCUT2D eigenvalue weighted by atomic mass is 10.1. The van der Waals surface area contributed by atoms with Gasteiger partial charge in [-0.05, 0) is 50.6 Å². The van der Waals surface area contributed by atoms with Crippen LogP contribution in [0.15, 0.2) is 53.0 Å². The van der Waals surface area contributed by atoms with Gasteiger partial charge in [-0.2, -0.15) is 0 Å². The molecule has 23 heavy (non-hydrogen) atoms. The molecule has 0 aromatic carbocycles. The molecule has 6 nitrogen and oxygen atoms in total. The van der Waals surface area contributed by atoms with Crippen molar-refractivity contribution in [2.75, 3.05) is 0 Å². The topological polar surface area (TPSA) is 84.2 Å². The first kappa shape index (κ1) is 16.5. The lowest BCUT2D eigenvalue weighted by molar-refractivity contribution is -0.119. The number of hydrogen-bond donors (Lipinski definition) is 2. The number of hydrogen-bond acceptors (Lipinski definition) is 4. The molecule has 2 aromatic rings. The Morgan fingerprint density at radius 2 is 2.00 bits per heavy atom. The fraction of sp³-hybridized carbons (Fsp3) is 0.235. The summed E-state index contributed by atoms with van der Waals surface area (Å²) in [4.78, 5) is 28.6. The summed E-state index contributed by atoms with van der Waals surface area (Å²) in [5.41, 5.74) is 0.390. The maximum Gasteiger partial charge on any atom is 0.291 e. The Hall–Kier alpha value is -2.89. The SMILES string of the molecule is CC(C)(C)NC(=O)C(=Cc1cccnc1)NC(=O)c1ccco1. The van der Waals surface area contributed by atoms with Gasteiger partial charge in [0.05, 0.1) is 6.26 Å². The molecule has 6 heteroatoms. The van der Waals surface area contributed by atoms with Crippen LogP contribution in [-0.2, 0) is 4.79 Å². The van der Waals surface area contributed by atoms with Crippen LogP contribution in [0.1, 0.15) is 36.9 Å². The summed E-state index contributed by atoms with van der Waals surface area (Å²) in [5, 5.41) is 5.40. The summed E-state index contributed by atoms with van der Waals surface area (Å²) in [6, 6.07) is 6.67. The van der Waals surface area contributed by atoms with E-state index in [-0.39, 0.29) is 17.4 Å². The Labute approximate surface area is 134 Å². The summed E-state index contributed by atoms with van der Waals surface area (Å²) >= 11 is 0. The smallest absolute Gasteiger partial charge is 0.291 e. The number of aromatic nitrogens is 1. The normalized spacial score (nSPS) is 11.9. The number of carbonyl (C=O) groups excluding carboxylic acids is 2. The minimum absolute atomic E-state index is 0.120. The van der Waals surface area contributed by atoms with Crippen LogP contribution in [0.5, 0.6) is 0 Å². The zero-order valence-corrected chi connectivity index (χ0v) is 13.3. The van der Waals surface area contributed by atoms with Crippen molar-refractivity contribution in [1.29, 1.82) is 0 Å². The molecule has 0 aliphatic heterocycles. The summed E-state index contributed by atoms with van der Waals surface area (Å²) in [7, 11) is 0. The molecule has 0 fully saturated rings. The second kappa shape index (κ2) is 6.91. The minimum atomic E-state index is -0.491. The molecule has 0 radical (unpaired) electrons. The van der Waals surface area contributed by atoms with Crippen molar-refractivity contribution in [2.45, 2.75) is 26.3 Å². The predicted molar refractivity (Wildman–Crippen MR) is 86.3 cm³/mol. The van der Waals surface area contributed by atoms with Crippen molar-refractivity contribution in [3.63, 3.8) is 0 Å². The number of nitrogens with one attached hydrogen (secondary N) is 2. The fourth-order valence-electron chi connectivity index (χ4n) is 1.79. The van der Waals surface area contributed by atoms with E-state index in [0.717, 1.165) is 0 Å². The highest BCUT2D eigenvalue weighted by Gasteiger charge is 2.20. The van der Waals surface area contributed by atoms with Crippen LogP contribution >= 0.6 is 0 Å². The van der Waals surface area contributed by atoms with Gasteiger partial charge in [-0.15, -0.1) is 0 Å². The highest BCUT2D eigenvalue weighted by molar-refractivity contribution is 6.04. The molecular weight excluding hydrogens is 294 g/mol. The molecule has 0 unspecified atom stereocenters. The largest absolute Gasteiger partial charge is 0.459 e. The Balaban J connectivity index is 2.26. The summed E-state index contributed by atoms with van der Waals surface area (Å²) in [6.45, 7) is 5.59. The molecule has 0 bridgehead atoms. The quantitative estimate of drug-likeness (QED) is 0.849. The van der Waals surface area contributed by atoms with Gasteiger partial charge in [0.1, 0.15) is 5.70 Å². The Kier molecular flexibility index (Phi) is 4.95. The first-order valence-corrected chi connectivity index (χ1v) is 7.14. The maximum absolute atomic E-state index is 12.4. The van der Waals surface area contributed by atoms with Crippen molar-refractivity contribution in [1.82, 2.24) is 15.6 Å². The van der Waals surface area contributed by atoms with E-state index in [1.165, 1.54) is 12.3 Å². The van der Waals surface area contributed by atoms with E-state index in [2.05, 4.69) is 15.6 Å². The Morgan fingerprint density at radius 3 is 2.57 bits per heavy atom. The fourth-order valence-corrected chi connectivity index (χ4v) is 1.79. The van der Waals surface area contributed by atoms with Crippen molar-refractivity contribution >= 4 is 17.9 Å². The van der Waals surface area contributed by atoms with Crippen LogP contribution in [0, 0.1) is 0 Å². The van der Waals surface area contributed by atoms with Crippen LogP contribution in [0.4, 0.5) is 0 Å². The molecule has 2 N–H and O–H groups in total. The molecule has 0 aliphatic rings. The summed E-state index contributed by atoms with van der Waals surface area (Å²) < 4.78 is 5.04. The van der Waals surface area contributed by atoms with Gasteiger partial charge in [0.2, 0.25) is 0 Å². The van der Waals surface area contributed by atoms with Gasteiger partial charge in [0, 0.05) is 17.9 Å². The third-order valence-corrected chi connectivity index (χ3v) is 2.72. The molecule has 0 spiro atoms. The van der Waals surface area contributed by atoms with Crippen molar-refractivity contribution in [2.24, 2.45) is 0 Å². The lowest BCUT2D eigenvalue weighted by Crippen LogP contribution is -2.44. The van der Waals surface area contributed by atoms with Crippen LogP contribution < -0.4 is 10.6 Å². The van der Waals surface area contributed by atoms with Gasteiger partial charge in [-0.1, -0.05) is 6.07 Å². The van der Waals surface area contributed by atoms with Crippen molar-refractivity contribution in [3.8, 4) is 0 Å². The van der Waals surface area contributed by atoms with Gasteiger partial charge in [0.15, 0.2) is 5.76 Å². The third kappa shape index (κ3) is 5.10. The first-order valence-electron chi connectivity index (χ1n) is 7.14. The maximum atomic E-state index is 12.4. The van der Waals surface area contributed by atoms with Gasteiger partial charge < -0.3 is 15.1 Å². The van der Waals surface area contributed by atoms with Crippen molar-refractivity contribution < 1.29 is 14.0 Å². The molecule has 2 heterocycles. The number of furan rings is 1. The second-order valence-electron chi connectivity index (χ2n) is 5.98. The number of nitrogens with zero attached hydrogens (tertiary/aromatic N) is 1. The highest BCUT2D eigenvalue weighted by atomic mass is 16.3. The molecule has 0 aliphatic carbocycles. The van der Waals surface area contributed by atoms with Crippen molar-refractivity contribution in [3.05, 3.63) is 59.9 Å². The van der Waals surface area contributed by atoms with Gasteiger partial charge in [-0.25, -0.2) is 0 Å². The van der Waals surface area contributed by atoms with E-state index < -0.39 is 11.4 Å². The molecule has 0 saturated carbocycles. The highest BCUT2D eigenvalue weighted by Crippen LogP contribution is 2.08. The van der Waals surface area contributed by atoms with Crippen LogP contribution in [-0.4, -0.2) is 22.3 Å². The van der Waals surface area contributed by atoms with E-state index in [4.69, 9.17) is 4.42 Å². The predicted octanol–water partition coefficient (Wildman–Crippen LogP) is 2.36. The summed E-state index contributed by atoms with van der Waals surface area (Å²) in [6.07, 6.45) is 6.20. The molecule has 2 aromatic heterocycles. The number of rotatable bonds is 4. The van der Waals surface area contributed by atoms with E-state index in [1.54, 1.807) is 36.7 Å². The van der Waals surface area contributed by atoms with Gasteiger partial charge in [0.25, 0.3) is 11.8 Å². The van der Waals surface area contributed by atoms with E-state index in [0.29, 0.717) is 5.56 Å². The molecule has 120 valence electrons. The van der Waals surface area contributed by atoms with Crippen LogP contribution in [0.3, 0.4) is 0 Å². The molecular formula is C17H19N3O3. The minimum Gasteiger partial charge on any atom is -0.459 e. The van der Waals surface area contributed by atoms with Crippen LogP contribution in [0.2, 0.25) is 0 Å². The third-order valence-electron chi connectivity index (χ3n) is 2.72. The first-order chi connectivity index (χ1) is 10.8. The van der Waals surface area contributed by atoms with Gasteiger partial charge in [-0.3, -0.25) is 14.6 Å². The molecule has 0 saturated heterocycles. The van der Waals surface area contributed by atoms with E-state index in [9.17, 15) is 9.59 Å². The van der Waals surface area contributed by atoms with Gasteiger partial charge >= 0.3 is 0 Å². The second-order valence-corrected chi connectivity index (χ2v) is 5.98. The standard InChI is InChI=1S/C17H19N3O3/c1-17(2,3)20-15(21)13(10-12-6-4-8-18-11-12)19-16(22)14-7-5-9-23-14/h4-11H,1-3H3,(H,19,22)(H,20,21). The Morgan fingerprint density at radius 1 is 1.22 bits per heavy atom. The number of carbonyl (C=O) groups is 2. The molecule has 2 amide bonds.